The molecule has 1 amide bonds. The number of hydrogen-bond acceptors (Lipinski definition) is 2. The number of rotatable bonds is 4. The van der Waals surface area contributed by atoms with E-state index < -0.39 is 11.7 Å². The minimum atomic E-state index is -4.36. The van der Waals surface area contributed by atoms with E-state index in [2.05, 4.69) is 10.3 Å². The van der Waals surface area contributed by atoms with Crippen LogP contribution in [0, 0.1) is 0 Å². The molecule has 1 aromatic heterocycles. The lowest BCUT2D eigenvalue weighted by Gasteiger charge is -2.08. The van der Waals surface area contributed by atoms with Gasteiger partial charge in [0.15, 0.2) is 0 Å². The Morgan fingerprint density at radius 3 is 2.48 bits per heavy atom. The fraction of sp³-hybridized carbons (Fsp3) is 0.286. The second kappa shape index (κ2) is 5.99. The van der Waals surface area contributed by atoms with Gasteiger partial charge in [-0.1, -0.05) is 12.1 Å². The van der Waals surface area contributed by atoms with Crippen LogP contribution in [0.3, 0.4) is 0 Å². The molecule has 2 rings (SSSR count). The summed E-state index contributed by atoms with van der Waals surface area (Å²) >= 11 is 0. The quantitative estimate of drug-likeness (QED) is 0.941. The van der Waals surface area contributed by atoms with Gasteiger partial charge in [0.2, 0.25) is 5.91 Å². The zero-order valence-corrected chi connectivity index (χ0v) is 11.3. The maximum Gasteiger partial charge on any atom is 0.416 e. The Morgan fingerprint density at radius 1 is 1.29 bits per heavy atom. The third-order valence-electron chi connectivity index (χ3n) is 3.01. The molecule has 0 bridgehead atoms. The molecule has 21 heavy (non-hydrogen) atoms. The topological polar surface area (TPSA) is 46.9 Å². The summed E-state index contributed by atoms with van der Waals surface area (Å²) in [6.07, 6.45) is -0.948. The minimum Gasteiger partial charge on any atom is -0.349 e. The zero-order chi connectivity index (χ0) is 15.5. The molecule has 1 aromatic carbocycles. The van der Waals surface area contributed by atoms with Gasteiger partial charge in [0.1, 0.15) is 5.82 Å². The molecule has 4 nitrogen and oxygen atoms in total. The van der Waals surface area contributed by atoms with Gasteiger partial charge < -0.3 is 9.88 Å². The molecule has 112 valence electrons. The van der Waals surface area contributed by atoms with Crippen molar-refractivity contribution in [2.45, 2.75) is 19.1 Å². The van der Waals surface area contributed by atoms with Crippen molar-refractivity contribution in [3.8, 4) is 0 Å². The number of aromatic nitrogens is 2. The smallest absolute Gasteiger partial charge is 0.349 e. The van der Waals surface area contributed by atoms with E-state index in [-0.39, 0.29) is 18.9 Å². The predicted molar refractivity (Wildman–Crippen MR) is 70.2 cm³/mol. The SMILES string of the molecule is Cn1ccnc1CNC(=O)Cc1ccc(C(F)(F)F)cc1. The van der Waals surface area contributed by atoms with Gasteiger partial charge in [0.05, 0.1) is 18.5 Å². The molecular formula is C14H14F3N3O. The van der Waals surface area contributed by atoms with Crippen LogP contribution in [0.15, 0.2) is 36.7 Å². The van der Waals surface area contributed by atoms with Crippen molar-refractivity contribution in [1.82, 2.24) is 14.9 Å². The summed E-state index contributed by atoms with van der Waals surface area (Å²) in [5.41, 5.74) is -0.194. The van der Waals surface area contributed by atoms with Crippen LogP contribution in [-0.4, -0.2) is 15.5 Å². The predicted octanol–water partition coefficient (Wildman–Crippen LogP) is 2.30. The number of alkyl halides is 3. The molecule has 1 heterocycles. The Balaban J connectivity index is 1.89. The largest absolute Gasteiger partial charge is 0.416 e. The van der Waals surface area contributed by atoms with Gasteiger partial charge in [-0.15, -0.1) is 0 Å². The Bertz CT molecular complexity index is 617. The first kappa shape index (κ1) is 15.1. The molecule has 0 fully saturated rings. The van der Waals surface area contributed by atoms with Crippen molar-refractivity contribution in [1.29, 1.82) is 0 Å². The molecule has 0 spiro atoms. The number of amides is 1. The van der Waals surface area contributed by atoms with Crippen molar-refractivity contribution in [2.24, 2.45) is 7.05 Å². The molecule has 0 saturated heterocycles. The third-order valence-corrected chi connectivity index (χ3v) is 3.01. The Morgan fingerprint density at radius 2 is 1.95 bits per heavy atom. The highest BCUT2D eigenvalue weighted by molar-refractivity contribution is 5.78. The lowest BCUT2D eigenvalue weighted by Crippen LogP contribution is -2.26. The highest BCUT2D eigenvalue weighted by atomic mass is 19.4. The molecule has 0 radical (unpaired) electrons. The Labute approximate surface area is 119 Å². The maximum atomic E-state index is 12.4. The van der Waals surface area contributed by atoms with Gasteiger partial charge in [0.25, 0.3) is 0 Å². The summed E-state index contributed by atoms with van der Waals surface area (Å²) in [5.74, 6) is 0.438. The van der Waals surface area contributed by atoms with E-state index in [0.717, 1.165) is 12.1 Å². The number of halogens is 3. The normalized spacial score (nSPS) is 11.4. The Hall–Kier alpha value is -2.31. The van der Waals surface area contributed by atoms with Gasteiger partial charge >= 0.3 is 6.18 Å². The van der Waals surface area contributed by atoms with Gasteiger partial charge in [-0.2, -0.15) is 13.2 Å². The van der Waals surface area contributed by atoms with Crippen LogP contribution in [0.1, 0.15) is 17.0 Å². The van der Waals surface area contributed by atoms with Crippen LogP contribution < -0.4 is 5.32 Å². The fourth-order valence-corrected chi connectivity index (χ4v) is 1.80. The molecule has 0 unspecified atom stereocenters. The number of benzene rings is 1. The number of carbonyl (C=O) groups is 1. The average Bonchev–Trinajstić information content (AvgIpc) is 2.81. The highest BCUT2D eigenvalue weighted by Gasteiger charge is 2.29. The molecule has 7 heteroatoms. The van der Waals surface area contributed by atoms with Crippen molar-refractivity contribution in [2.75, 3.05) is 0 Å². The summed E-state index contributed by atoms with van der Waals surface area (Å²) in [4.78, 5) is 15.8. The van der Waals surface area contributed by atoms with Crippen LogP contribution >= 0.6 is 0 Å². The molecule has 0 aliphatic carbocycles. The third kappa shape index (κ3) is 4.08. The van der Waals surface area contributed by atoms with Crippen LogP contribution in [-0.2, 0) is 31.0 Å². The molecule has 0 aliphatic rings. The number of nitrogens with one attached hydrogen (secondary N) is 1. The van der Waals surface area contributed by atoms with Crippen LogP contribution in [0.4, 0.5) is 13.2 Å². The molecule has 2 aromatic rings. The standard InChI is InChI=1S/C14H14F3N3O/c1-20-7-6-18-12(20)9-19-13(21)8-10-2-4-11(5-3-10)14(15,16)17/h2-7H,8-9H2,1H3,(H,19,21). The minimum absolute atomic E-state index is 0.0303. The van der Waals surface area contributed by atoms with Gasteiger partial charge in [-0.05, 0) is 17.7 Å². The molecule has 0 aliphatic heterocycles. The van der Waals surface area contributed by atoms with E-state index in [1.165, 1.54) is 12.1 Å². The van der Waals surface area contributed by atoms with E-state index in [1.807, 2.05) is 7.05 Å². The van der Waals surface area contributed by atoms with Gasteiger partial charge in [-0.25, -0.2) is 4.98 Å². The number of nitrogens with zero attached hydrogens (tertiary/aromatic N) is 2. The van der Waals surface area contributed by atoms with Crippen LogP contribution in [0.5, 0.6) is 0 Å². The second-order valence-electron chi connectivity index (χ2n) is 4.60. The fourth-order valence-electron chi connectivity index (χ4n) is 1.80. The van der Waals surface area contributed by atoms with Crippen molar-refractivity contribution < 1.29 is 18.0 Å². The Kier molecular flexibility index (Phi) is 4.30. The number of carbonyl (C=O) groups excluding carboxylic acids is 1. The van der Waals surface area contributed by atoms with Crippen LogP contribution in [0.2, 0.25) is 0 Å². The molecule has 0 atom stereocenters. The molecular weight excluding hydrogens is 283 g/mol. The van der Waals surface area contributed by atoms with E-state index >= 15 is 0 Å². The van der Waals surface area contributed by atoms with Gasteiger partial charge in [-0.3, -0.25) is 4.79 Å². The summed E-state index contributed by atoms with van der Waals surface area (Å²) in [6.45, 7) is 0.281. The number of imidazole rings is 1. The highest BCUT2D eigenvalue weighted by Crippen LogP contribution is 2.29. The van der Waals surface area contributed by atoms with E-state index in [1.54, 1.807) is 17.0 Å². The monoisotopic (exact) mass is 297 g/mol. The summed E-state index contributed by atoms with van der Waals surface area (Å²) in [7, 11) is 1.81. The molecule has 1 N–H and O–H groups in total. The lowest BCUT2D eigenvalue weighted by atomic mass is 10.1. The molecule has 0 saturated carbocycles. The maximum absolute atomic E-state index is 12.4. The summed E-state index contributed by atoms with van der Waals surface area (Å²) in [6, 6.07) is 4.56. The zero-order valence-electron chi connectivity index (χ0n) is 11.3. The van der Waals surface area contributed by atoms with Crippen molar-refractivity contribution in [3.05, 3.63) is 53.6 Å². The summed E-state index contributed by atoms with van der Waals surface area (Å²) < 4.78 is 39.0. The summed E-state index contributed by atoms with van der Waals surface area (Å²) in [5, 5.41) is 2.67. The number of hydrogen-bond donors (Lipinski definition) is 1. The second-order valence-corrected chi connectivity index (χ2v) is 4.60. The van der Waals surface area contributed by atoms with Crippen LogP contribution in [0.25, 0.3) is 0 Å². The average molecular weight is 297 g/mol. The lowest BCUT2D eigenvalue weighted by molar-refractivity contribution is -0.137. The first-order chi connectivity index (χ1) is 9.86. The van der Waals surface area contributed by atoms with E-state index in [0.29, 0.717) is 11.4 Å². The van der Waals surface area contributed by atoms with Crippen molar-refractivity contribution in [3.63, 3.8) is 0 Å². The van der Waals surface area contributed by atoms with E-state index in [4.69, 9.17) is 0 Å². The first-order valence-corrected chi connectivity index (χ1v) is 6.25. The first-order valence-electron chi connectivity index (χ1n) is 6.25. The van der Waals surface area contributed by atoms with Gasteiger partial charge in [0, 0.05) is 19.4 Å². The number of aryl methyl sites for hydroxylation is 1. The van der Waals surface area contributed by atoms with E-state index in [9.17, 15) is 18.0 Å². The van der Waals surface area contributed by atoms with Crippen molar-refractivity contribution >= 4 is 5.91 Å².